The van der Waals surface area contributed by atoms with Crippen molar-refractivity contribution in [3.05, 3.63) is 48.1 Å². The minimum atomic E-state index is -1.62. The van der Waals surface area contributed by atoms with Crippen molar-refractivity contribution in [2.45, 2.75) is 49.7 Å². The molecule has 0 bridgehead atoms. The number of anilines is 1. The summed E-state index contributed by atoms with van der Waals surface area (Å²) in [7, 11) is 0. The van der Waals surface area contributed by atoms with E-state index in [4.69, 9.17) is 0 Å². The summed E-state index contributed by atoms with van der Waals surface area (Å²) in [6.07, 6.45) is 7.43. The van der Waals surface area contributed by atoms with E-state index in [0.717, 1.165) is 55.4 Å². The molecule has 9 heteroatoms. The lowest BCUT2D eigenvalue weighted by atomic mass is 9.89. The van der Waals surface area contributed by atoms with Gasteiger partial charge in [0.2, 0.25) is 5.91 Å². The van der Waals surface area contributed by atoms with Gasteiger partial charge in [-0.15, -0.1) is 16.8 Å². The minimum Gasteiger partial charge on any atom is -0.323 e. The van der Waals surface area contributed by atoms with Gasteiger partial charge in [-0.3, -0.25) is 4.79 Å². The van der Waals surface area contributed by atoms with E-state index in [1.54, 1.807) is 6.08 Å². The Balaban J connectivity index is 1.67. The molecule has 28 heavy (non-hydrogen) atoms. The Hall–Kier alpha value is -2.29. The van der Waals surface area contributed by atoms with Gasteiger partial charge < -0.3 is 9.88 Å². The molecule has 0 spiro atoms. The van der Waals surface area contributed by atoms with Gasteiger partial charge in [-0.1, -0.05) is 37.1 Å². The van der Waals surface area contributed by atoms with E-state index in [1.165, 1.54) is 6.42 Å². The molecular formula is C19H21F3N4OS. The molecule has 1 fully saturated rings. The zero-order valence-electron chi connectivity index (χ0n) is 15.3. The first-order valence-electron chi connectivity index (χ1n) is 9.11. The summed E-state index contributed by atoms with van der Waals surface area (Å²) < 4.78 is 41.9. The third kappa shape index (κ3) is 4.57. The van der Waals surface area contributed by atoms with Gasteiger partial charge in [-0.25, -0.2) is 13.2 Å². The summed E-state index contributed by atoms with van der Waals surface area (Å²) in [4.78, 5) is 12.1. The second kappa shape index (κ2) is 9.27. The zero-order valence-corrected chi connectivity index (χ0v) is 16.1. The quantitative estimate of drug-likeness (QED) is 0.410. The molecule has 1 amide bonds. The van der Waals surface area contributed by atoms with Crippen LogP contribution >= 0.6 is 11.8 Å². The van der Waals surface area contributed by atoms with Crippen LogP contribution < -0.4 is 5.32 Å². The Kier molecular flexibility index (Phi) is 6.77. The fraction of sp³-hybridized carbons (Fsp3) is 0.421. The predicted octanol–water partition coefficient (Wildman–Crippen LogP) is 4.66. The molecule has 0 radical (unpaired) electrons. The van der Waals surface area contributed by atoms with Crippen LogP contribution in [0.15, 0.2) is 29.9 Å². The zero-order chi connectivity index (χ0) is 20.1. The molecule has 1 heterocycles. The molecule has 3 rings (SSSR count). The van der Waals surface area contributed by atoms with Crippen LogP contribution in [0.5, 0.6) is 0 Å². The topological polar surface area (TPSA) is 59.8 Å². The second-order valence-electron chi connectivity index (χ2n) is 6.63. The van der Waals surface area contributed by atoms with Crippen LogP contribution in [0, 0.1) is 17.5 Å². The number of aromatic nitrogens is 3. The number of hydrogen-bond donors (Lipinski definition) is 1. The van der Waals surface area contributed by atoms with Crippen LogP contribution in [0.25, 0.3) is 0 Å². The molecule has 2 aromatic rings. The lowest BCUT2D eigenvalue weighted by Gasteiger charge is -2.21. The number of thioether (sulfide) groups is 1. The van der Waals surface area contributed by atoms with Crippen molar-refractivity contribution in [3.8, 4) is 0 Å². The summed E-state index contributed by atoms with van der Waals surface area (Å²) in [6.45, 7) is 4.29. The maximum Gasteiger partial charge on any atom is 0.234 e. The Morgan fingerprint density at radius 2 is 1.96 bits per heavy atom. The Morgan fingerprint density at radius 1 is 1.21 bits per heavy atom. The Morgan fingerprint density at radius 3 is 2.68 bits per heavy atom. The van der Waals surface area contributed by atoms with Gasteiger partial charge in [-0.05, 0) is 25.0 Å². The van der Waals surface area contributed by atoms with Crippen LogP contribution in [0.4, 0.5) is 18.9 Å². The van der Waals surface area contributed by atoms with Crippen molar-refractivity contribution in [2.75, 3.05) is 11.1 Å². The largest absolute Gasteiger partial charge is 0.323 e. The van der Waals surface area contributed by atoms with Crippen LogP contribution in [0.2, 0.25) is 0 Å². The highest BCUT2D eigenvalue weighted by Crippen LogP contribution is 2.33. The summed E-state index contributed by atoms with van der Waals surface area (Å²) in [5.74, 6) is -3.73. The molecule has 5 nitrogen and oxygen atoms in total. The average molecular weight is 410 g/mol. The number of nitrogens with one attached hydrogen (secondary N) is 1. The van der Waals surface area contributed by atoms with Gasteiger partial charge in [0.15, 0.2) is 22.6 Å². The van der Waals surface area contributed by atoms with Gasteiger partial charge in [0.25, 0.3) is 0 Å². The van der Waals surface area contributed by atoms with Gasteiger partial charge in [0.05, 0.1) is 11.4 Å². The van der Waals surface area contributed by atoms with Crippen LogP contribution in [0.1, 0.15) is 43.8 Å². The first kappa shape index (κ1) is 20.4. The molecule has 1 N–H and O–H groups in total. The number of carbonyl (C=O) groups is 1. The highest BCUT2D eigenvalue weighted by molar-refractivity contribution is 7.99. The van der Waals surface area contributed by atoms with Crippen molar-refractivity contribution in [3.63, 3.8) is 0 Å². The number of halogens is 3. The molecule has 1 aromatic heterocycles. The van der Waals surface area contributed by atoms with E-state index in [1.807, 2.05) is 4.57 Å². The molecule has 1 saturated carbocycles. The van der Waals surface area contributed by atoms with Crippen molar-refractivity contribution < 1.29 is 18.0 Å². The average Bonchev–Trinajstić information content (AvgIpc) is 3.10. The standard InChI is InChI=1S/C19H21F3N4OS/c1-2-10-26-18(12-6-4-3-5-7-12)24-25-19(26)28-11-15(27)23-14-9-8-13(20)16(21)17(14)22/h2,8-9,12H,1,3-7,10-11H2,(H,23,27). The summed E-state index contributed by atoms with van der Waals surface area (Å²) in [6, 6.07) is 1.75. The SMILES string of the molecule is C=CCn1c(SCC(=O)Nc2ccc(F)c(F)c2F)nnc1C1CCCCC1. The fourth-order valence-electron chi connectivity index (χ4n) is 3.31. The molecule has 0 saturated heterocycles. The number of hydrogen-bond acceptors (Lipinski definition) is 4. The number of rotatable bonds is 7. The van der Waals surface area contributed by atoms with E-state index in [2.05, 4.69) is 22.1 Å². The van der Waals surface area contributed by atoms with Gasteiger partial charge in [0.1, 0.15) is 5.82 Å². The van der Waals surface area contributed by atoms with E-state index in [-0.39, 0.29) is 5.75 Å². The first-order valence-corrected chi connectivity index (χ1v) is 10.1. The van der Waals surface area contributed by atoms with Gasteiger partial charge >= 0.3 is 0 Å². The van der Waals surface area contributed by atoms with Crippen LogP contribution in [0.3, 0.4) is 0 Å². The maximum atomic E-state index is 13.7. The number of amides is 1. The number of nitrogens with zero attached hydrogens (tertiary/aromatic N) is 3. The lowest BCUT2D eigenvalue weighted by molar-refractivity contribution is -0.113. The van der Waals surface area contributed by atoms with Crippen molar-refractivity contribution in [1.29, 1.82) is 0 Å². The second-order valence-corrected chi connectivity index (χ2v) is 7.58. The van der Waals surface area contributed by atoms with Crippen molar-refractivity contribution in [1.82, 2.24) is 14.8 Å². The molecule has 0 atom stereocenters. The maximum absolute atomic E-state index is 13.7. The summed E-state index contributed by atoms with van der Waals surface area (Å²) in [5.41, 5.74) is -0.403. The molecule has 1 aromatic carbocycles. The lowest BCUT2D eigenvalue weighted by Crippen LogP contribution is -2.17. The van der Waals surface area contributed by atoms with Gasteiger partial charge in [0, 0.05) is 12.5 Å². The predicted molar refractivity (Wildman–Crippen MR) is 102 cm³/mol. The summed E-state index contributed by atoms with van der Waals surface area (Å²) >= 11 is 1.15. The van der Waals surface area contributed by atoms with E-state index < -0.39 is 29.0 Å². The highest BCUT2D eigenvalue weighted by atomic mass is 32.2. The molecule has 1 aliphatic rings. The monoisotopic (exact) mass is 410 g/mol. The third-order valence-corrected chi connectivity index (χ3v) is 5.64. The molecule has 1 aliphatic carbocycles. The fourth-order valence-corrected chi connectivity index (χ4v) is 4.06. The Bertz CT molecular complexity index is 865. The van der Waals surface area contributed by atoms with Crippen molar-refractivity contribution in [2.24, 2.45) is 0 Å². The number of benzene rings is 1. The van der Waals surface area contributed by atoms with E-state index in [9.17, 15) is 18.0 Å². The number of allylic oxidation sites excluding steroid dienone is 1. The number of carbonyl (C=O) groups excluding carboxylic acids is 1. The van der Waals surface area contributed by atoms with Gasteiger partial charge in [-0.2, -0.15) is 0 Å². The van der Waals surface area contributed by atoms with Crippen molar-refractivity contribution >= 4 is 23.4 Å². The van der Waals surface area contributed by atoms with Crippen LogP contribution in [-0.2, 0) is 11.3 Å². The molecular weight excluding hydrogens is 389 g/mol. The first-order chi connectivity index (χ1) is 13.5. The van der Waals surface area contributed by atoms with E-state index in [0.29, 0.717) is 17.6 Å². The highest BCUT2D eigenvalue weighted by Gasteiger charge is 2.23. The smallest absolute Gasteiger partial charge is 0.234 e. The third-order valence-electron chi connectivity index (χ3n) is 4.67. The molecule has 150 valence electrons. The normalized spacial score (nSPS) is 14.8. The molecule has 0 unspecified atom stereocenters. The molecule has 0 aliphatic heterocycles. The van der Waals surface area contributed by atoms with E-state index >= 15 is 0 Å². The van der Waals surface area contributed by atoms with Crippen LogP contribution in [-0.4, -0.2) is 26.4 Å². The Labute approximate surface area is 165 Å². The summed E-state index contributed by atoms with van der Waals surface area (Å²) in [5, 5.41) is 11.3. The minimum absolute atomic E-state index is 0.0711.